The maximum absolute atomic E-state index is 12.6. The van der Waals surface area contributed by atoms with Crippen LogP contribution in [0.2, 0.25) is 0 Å². The Balaban J connectivity index is 1.42. The summed E-state index contributed by atoms with van der Waals surface area (Å²) >= 11 is 0. The number of nitrogens with zero attached hydrogens (tertiary/aromatic N) is 4. The van der Waals surface area contributed by atoms with Crippen molar-refractivity contribution in [3.63, 3.8) is 0 Å². The number of nitrogens with one attached hydrogen (secondary N) is 1. The molecule has 2 aromatic heterocycles. The van der Waals surface area contributed by atoms with Crippen LogP contribution in [0, 0.1) is 6.92 Å². The molecule has 0 amide bonds. The number of aryl methyl sites for hydroxylation is 1. The molecule has 3 aromatic carbocycles. The van der Waals surface area contributed by atoms with Crippen LogP contribution in [-0.2, 0) is 15.1 Å². The first-order chi connectivity index (χ1) is 19.6. The van der Waals surface area contributed by atoms with Crippen molar-refractivity contribution in [1.29, 1.82) is 0 Å². The molecule has 1 fully saturated rings. The van der Waals surface area contributed by atoms with Gasteiger partial charge in [-0.1, -0.05) is 96.2 Å². The third kappa shape index (κ3) is 4.70. The molecule has 1 aliphatic heterocycles. The maximum atomic E-state index is 12.6. The van der Waals surface area contributed by atoms with E-state index in [9.17, 15) is 9.59 Å². The van der Waals surface area contributed by atoms with Gasteiger partial charge in [0.15, 0.2) is 0 Å². The number of rotatable bonds is 8. The number of hydrogen-bond donors (Lipinski definition) is 1. The third-order valence-electron chi connectivity index (χ3n) is 7.44. The molecule has 1 aliphatic rings. The number of benzene rings is 3. The quantitative estimate of drug-likeness (QED) is 0.302. The highest BCUT2D eigenvalue weighted by molar-refractivity contribution is 5.47. The summed E-state index contributed by atoms with van der Waals surface area (Å²) in [6, 6.07) is 31.4. The predicted molar refractivity (Wildman–Crippen MR) is 149 cm³/mol. The fourth-order valence-corrected chi connectivity index (χ4v) is 5.55. The Hall–Kier alpha value is -4.60. The van der Waals surface area contributed by atoms with Crippen molar-refractivity contribution in [2.24, 2.45) is 0 Å². The second-order valence-electron chi connectivity index (χ2n) is 9.86. The number of hydrogen-bond acceptors (Lipinski definition) is 6. The minimum atomic E-state index is -0.929. The van der Waals surface area contributed by atoms with Crippen LogP contribution in [0.25, 0.3) is 0 Å². The van der Waals surface area contributed by atoms with Gasteiger partial charge < -0.3 is 9.47 Å². The van der Waals surface area contributed by atoms with E-state index in [2.05, 4.69) is 51.7 Å². The molecule has 0 unspecified atom stereocenters. The van der Waals surface area contributed by atoms with Crippen LogP contribution in [0.5, 0.6) is 0 Å². The highest BCUT2D eigenvalue weighted by atomic mass is 16.6. The average Bonchev–Trinajstić information content (AvgIpc) is 3.61. The molecular formula is C31H29N5O4. The van der Waals surface area contributed by atoms with Crippen molar-refractivity contribution in [1.82, 2.24) is 24.5 Å². The monoisotopic (exact) mass is 535 g/mol. The molecule has 0 spiro atoms. The smallest absolute Gasteiger partial charge is 0.330 e. The first-order valence-electron chi connectivity index (χ1n) is 13.2. The maximum Gasteiger partial charge on any atom is 0.330 e. The van der Waals surface area contributed by atoms with Gasteiger partial charge in [0.05, 0.1) is 24.5 Å². The molecule has 0 saturated carbocycles. The average molecular weight is 536 g/mol. The molecule has 0 aliphatic carbocycles. The lowest BCUT2D eigenvalue weighted by Crippen LogP contribution is -2.37. The molecule has 40 heavy (non-hydrogen) atoms. The minimum absolute atomic E-state index is 0.192. The van der Waals surface area contributed by atoms with Gasteiger partial charge in [0.2, 0.25) is 0 Å². The van der Waals surface area contributed by atoms with E-state index in [0.717, 1.165) is 22.4 Å². The fraction of sp³-hybridized carbons (Fsp3) is 0.226. The number of ether oxygens (including phenoxy) is 2. The Morgan fingerprint density at radius 2 is 1.48 bits per heavy atom. The highest BCUT2D eigenvalue weighted by Crippen LogP contribution is 2.43. The molecule has 1 N–H and O–H groups in total. The van der Waals surface area contributed by atoms with E-state index in [4.69, 9.17) is 9.47 Å². The number of aromatic amines is 1. The lowest BCUT2D eigenvalue weighted by Gasteiger charge is -2.37. The van der Waals surface area contributed by atoms with Crippen LogP contribution < -0.4 is 11.2 Å². The first kappa shape index (κ1) is 25.7. The van der Waals surface area contributed by atoms with Crippen LogP contribution in [-0.4, -0.2) is 37.3 Å². The standard InChI is InChI=1S/C31H29N5O4/c1-22-20-32-34-36(22)26-19-29(35-18-17-28(37)33-30(35)38)40-27(26)21-39-31(23-11-5-2-6-12-23,24-13-7-3-8-14-24)25-15-9-4-10-16-25/h2-18,20,26-27,29H,19,21H2,1H3,(H,33,37,38)/t26-,27+,29+/m0/s1. The summed E-state index contributed by atoms with van der Waals surface area (Å²) in [5, 5.41) is 8.40. The molecule has 9 heteroatoms. The summed E-state index contributed by atoms with van der Waals surface area (Å²) in [7, 11) is 0. The van der Waals surface area contributed by atoms with Crippen LogP contribution in [0.3, 0.4) is 0 Å². The number of aromatic nitrogens is 5. The molecule has 0 radical (unpaired) electrons. The van der Waals surface area contributed by atoms with Gasteiger partial charge in [-0.25, -0.2) is 9.48 Å². The minimum Gasteiger partial charge on any atom is -0.358 e. The molecule has 202 valence electrons. The van der Waals surface area contributed by atoms with Gasteiger partial charge in [-0.3, -0.25) is 14.3 Å². The Kier molecular flexibility index (Phi) is 6.98. The van der Waals surface area contributed by atoms with Gasteiger partial charge in [0.25, 0.3) is 5.56 Å². The van der Waals surface area contributed by atoms with E-state index in [-0.39, 0.29) is 12.6 Å². The van der Waals surface area contributed by atoms with Crippen molar-refractivity contribution >= 4 is 0 Å². The highest BCUT2D eigenvalue weighted by Gasteiger charge is 2.43. The van der Waals surface area contributed by atoms with Crippen LogP contribution in [0.1, 0.15) is 41.1 Å². The van der Waals surface area contributed by atoms with E-state index in [1.807, 2.05) is 66.2 Å². The molecule has 3 atom stereocenters. The zero-order chi connectivity index (χ0) is 27.5. The zero-order valence-electron chi connectivity index (χ0n) is 22.0. The van der Waals surface area contributed by atoms with Gasteiger partial charge in [-0.15, -0.1) is 5.10 Å². The lowest BCUT2D eigenvalue weighted by atomic mass is 9.80. The Morgan fingerprint density at radius 3 is 1.98 bits per heavy atom. The van der Waals surface area contributed by atoms with E-state index >= 15 is 0 Å². The Labute approximate surface area is 230 Å². The SMILES string of the molecule is Cc1cnnn1[C@H]1C[C@H](n2ccc(=O)[nH]c2=O)O[C@@H]1COC(c1ccccc1)(c1ccccc1)c1ccccc1. The summed E-state index contributed by atoms with van der Waals surface area (Å²) in [6.45, 7) is 2.12. The van der Waals surface area contributed by atoms with Crippen LogP contribution in [0.15, 0.2) is 119 Å². The second-order valence-corrected chi connectivity index (χ2v) is 9.86. The summed E-state index contributed by atoms with van der Waals surface area (Å²) in [6.07, 6.45) is 2.51. The topological polar surface area (TPSA) is 104 Å². The Morgan fingerprint density at radius 1 is 0.900 bits per heavy atom. The predicted octanol–water partition coefficient (Wildman–Crippen LogP) is 3.97. The van der Waals surface area contributed by atoms with Crippen molar-refractivity contribution in [3.05, 3.63) is 153 Å². The zero-order valence-corrected chi connectivity index (χ0v) is 22.0. The third-order valence-corrected chi connectivity index (χ3v) is 7.44. The van der Waals surface area contributed by atoms with Crippen LogP contribution >= 0.6 is 0 Å². The van der Waals surface area contributed by atoms with Gasteiger partial charge in [0, 0.05) is 18.7 Å². The first-order valence-corrected chi connectivity index (χ1v) is 13.2. The lowest BCUT2D eigenvalue weighted by molar-refractivity contribution is -0.0843. The summed E-state index contributed by atoms with van der Waals surface area (Å²) in [5.41, 5.74) is 1.89. The van der Waals surface area contributed by atoms with E-state index in [1.54, 1.807) is 6.20 Å². The fourth-order valence-electron chi connectivity index (χ4n) is 5.55. The largest absolute Gasteiger partial charge is 0.358 e. The summed E-state index contributed by atoms with van der Waals surface area (Å²) in [5.74, 6) is 0. The number of H-pyrrole nitrogens is 1. The molecule has 3 heterocycles. The van der Waals surface area contributed by atoms with Crippen molar-refractivity contribution in [2.75, 3.05) is 6.61 Å². The van der Waals surface area contributed by atoms with Crippen LogP contribution in [0.4, 0.5) is 0 Å². The van der Waals surface area contributed by atoms with Crippen molar-refractivity contribution in [2.45, 2.75) is 37.3 Å². The van der Waals surface area contributed by atoms with Crippen molar-refractivity contribution < 1.29 is 9.47 Å². The molecule has 6 rings (SSSR count). The normalized spacial score (nSPS) is 19.1. The molecule has 9 nitrogen and oxygen atoms in total. The summed E-state index contributed by atoms with van der Waals surface area (Å²) < 4.78 is 16.8. The molecular weight excluding hydrogens is 506 g/mol. The van der Waals surface area contributed by atoms with E-state index in [1.165, 1.54) is 16.8 Å². The van der Waals surface area contributed by atoms with Gasteiger partial charge >= 0.3 is 5.69 Å². The summed E-state index contributed by atoms with van der Waals surface area (Å²) in [4.78, 5) is 26.6. The molecule has 0 bridgehead atoms. The second kappa shape index (κ2) is 10.9. The van der Waals surface area contributed by atoms with Gasteiger partial charge in [-0.05, 0) is 23.6 Å². The Bertz CT molecular complexity index is 1590. The molecule has 5 aromatic rings. The van der Waals surface area contributed by atoms with Crippen molar-refractivity contribution in [3.8, 4) is 0 Å². The molecule has 1 saturated heterocycles. The van der Waals surface area contributed by atoms with Gasteiger partial charge in [0.1, 0.15) is 17.9 Å². The van der Waals surface area contributed by atoms with E-state index < -0.39 is 29.2 Å². The van der Waals surface area contributed by atoms with E-state index in [0.29, 0.717) is 6.42 Å². The van der Waals surface area contributed by atoms with Gasteiger partial charge in [-0.2, -0.15) is 0 Å².